The first-order valence-electron chi connectivity index (χ1n) is 6.10. The predicted molar refractivity (Wildman–Crippen MR) is 70.3 cm³/mol. The molecule has 0 aliphatic carbocycles. The summed E-state index contributed by atoms with van der Waals surface area (Å²) in [6.45, 7) is 2.76. The molecule has 98 valence electrons. The van der Waals surface area contributed by atoms with Crippen LogP contribution < -0.4 is 15.8 Å². The van der Waals surface area contributed by atoms with Gasteiger partial charge >= 0.3 is 0 Å². The number of hydrogen-bond donors (Lipinski definition) is 2. The van der Waals surface area contributed by atoms with E-state index >= 15 is 0 Å². The minimum Gasteiger partial charge on any atom is -0.496 e. The summed E-state index contributed by atoms with van der Waals surface area (Å²) < 4.78 is 5.32. The van der Waals surface area contributed by atoms with Gasteiger partial charge < -0.3 is 15.8 Å². The van der Waals surface area contributed by atoms with Gasteiger partial charge in [-0.15, -0.1) is 0 Å². The molecule has 0 radical (unpaired) electrons. The zero-order valence-corrected chi connectivity index (χ0v) is 10.6. The first-order chi connectivity index (χ1) is 8.69. The number of amides is 1. The molecule has 0 saturated carbocycles. The van der Waals surface area contributed by atoms with Crippen molar-refractivity contribution in [2.75, 3.05) is 32.5 Å². The van der Waals surface area contributed by atoms with E-state index < -0.39 is 0 Å². The summed E-state index contributed by atoms with van der Waals surface area (Å²) in [6.07, 6.45) is 0.969. The smallest absolute Gasteiger partial charge is 0.234 e. The van der Waals surface area contributed by atoms with Gasteiger partial charge in [-0.2, -0.15) is 0 Å². The number of hydrogen-bond acceptors (Lipinski definition) is 4. The number of nitrogens with two attached hydrogens (primary N) is 1. The first kappa shape index (κ1) is 12.7. The van der Waals surface area contributed by atoms with Crippen molar-refractivity contribution in [2.24, 2.45) is 0 Å². The molecule has 0 atom stereocenters. The monoisotopic (exact) mass is 249 g/mol. The standard InChI is InChI=1S/C13H19N3O2/c1-18-12-4-3-11(14)7-10(12)8-16-6-2-5-15-13(17)9-16/h3-4,7H,2,5-6,8-9,14H2,1H3,(H,15,17). The quantitative estimate of drug-likeness (QED) is 0.770. The Balaban J connectivity index is 2.12. The van der Waals surface area contributed by atoms with Crippen LogP contribution in [0.4, 0.5) is 5.69 Å². The number of carbonyl (C=O) groups excluding carboxylic acids is 1. The van der Waals surface area contributed by atoms with Gasteiger partial charge in [0.1, 0.15) is 5.75 Å². The van der Waals surface area contributed by atoms with E-state index in [1.54, 1.807) is 7.11 Å². The van der Waals surface area contributed by atoms with Gasteiger partial charge in [-0.3, -0.25) is 9.69 Å². The third-order valence-electron chi connectivity index (χ3n) is 3.04. The number of anilines is 1. The number of nitrogens with one attached hydrogen (secondary N) is 1. The summed E-state index contributed by atoms with van der Waals surface area (Å²) in [5.74, 6) is 0.893. The van der Waals surface area contributed by atoms with E-state index in [0.29, 0.717) is 18.8 Å². The van der Waals surface area contributed by atoms with Crippen LogP contribution in [0.15, 0.2) is 18.2 Å². The molecule has 0 unspecified atom stereocenters. The maximum atomic E-state index is 11.5. The van der Waals surface area contributed by atoms with Crippen molar-refractivity contribution in [3.63, 3.8) is 0 Å². The van der Waals surface area contributed by atoms with Gasteiger partial charge in [0.2, 0.25) is 5.91 Å². The van der Waals surface area contributed by atoms with Crippen molar-refractivity contribution in [3.8, 4) is 5.75 Å². The summed E-state index contributed by atoms with van der Waals surface area (Å²) in [5, 5.41) is 2.86. The van der Waals surface area contributed by atoms with Crippen LogP contribution in [0.3, 0.4) is 0 Å². The second-order valence-corrected chi connectivity index (χ2v) is 4.49. The van der Waals surface area contributed by atoms with Gasteiger partial charge in [-0.25, -0.2) is 0 Å². The van der Waals surface area contributed by atoms with E-state index in [1.807, 2.05) is 18.2 Å². The number of rotatable bonds is 3. The highest BCUT2D eigenvalue weighted by Gasteiger charge is 2.16. The second kappa shape index (κ2) is 5.73. The molecule has 0 bridgehead atoms. The van der Waals surface area contributed by atoms with Crippen molar-refractivity contribution in [3.05, 3.63) is 23.8 Å². The third-order valence-corrected chi connectivity index (χ3v) is 3.04. The van der Waals surface area contributed by atoms with Crippen LogP contribution in [-0.4, -0.2) is 37.6 Å². The Morgan fingerprint density at radius 2 is 2.33 bits per heavy atom. The van der Waals surface area contributed by atoms with Crippen LogP contribution in [-0.2, 0) is 11.3 Å². The van der Waals surface area contributed by atoms with Gasteiger partial charge in [-0.05, 0) is 24.6 Å². The Labute approximate surface area is 107 Å². The molecule has 5 nitrogen and oxygen atoms in total. The normalized spacial score (nSPS) is 17.1. The fourth-order valence-electron chi connectivity index (χ4n) is 2.17. The van der Waals surface area contributed by atoms with Crippen LogP contribution in [0.1, 0.15) is 12.0 Å². The molecule has 1 aromatic carbocycles. The molecule has 1 amide bonds. The van der Waals surface area contributed by atoms with Gasteiger partial charge in [0.25, 0.3) is 0 Å². The molecule has 1 saturated heterocycles. The van der Waals surface area contributed by atoms with Crippen molar-refractivity contribution in [2.45, 2.75) is 13.0 Å². The Morgan fingerprint density at radius 1 is 1.50 bits per heavy atom. The third kappa shape index (κ3) is 3.13. The fraction of sp³-hybridized carbons (Fsp3) is 0.462. The number of benzene rings is 1. The van der Waals surface area contributed by atoms with Crippen LogP contribution >= 0.6 is 0 Å². The topological polar surface area (TPSA) is 67.6 Å². The van der Waals surface area contributed by atoms with Crippen LogP contribution in [0.2, 0.25) is 0 Å². The predicted octanol–water partition coefficient (Wildman–Crippen LogP) is 0.599. The largest absolute Gasteiger partial charge is 0.496 e. The highest BCUT2D eigenvalue weighted by atomic mass is 16.5. The summed E-state index contributed by atoms with van der Waals surface area (Å²) in [7, 11) is 1.64. The maximum absolute atomic E-state index is 11.5. The molecule has 0 aromatic heterocycles. The van der Waals surface area contributed by atoms with E-state index in [2.05, 4.69) is 10.2 Å². The minimum absolute atomic E-state index is 0.0790. The van der Waals surface area contributed by atoms with E-state index in [4.69, 9.17) is 10.5 Å². The Hall–Kier alpha value is -1.75. The number of nitrogens with zero attached hydrogens (tertiary/aromatic N) is 1. The lowest BCUT2D eigenvalue weighted by molar-refractivity contribution is -0.121. The van der Waals surface area contributed by atoms with Crippen LogP contribution in [0.5, 0.6) is 5.75 Å². The maximum Gasteiger partial charge on any atom is 0.234 e. The van der Waals surface area contributed by atoms with E-state index in [0.717, 1.165) is 30.8 Å². The van der Waals surface area contributed by atoms with Gasteiger partial charge in [-0.1, -0.05) is 0 Å². The second-order valence-electron chi connectivity index (χ2n) is 4.49. The minimum atomic E-state index is 0.0790. The lowest BCUT2D eigenvalue weighted by Crippen LogP contribution is -2.32. The van der Waals surface area contributed by atoms with E-state index in [-0.39, 0.29) is 5.91 Å². The molecule has 0 spiro atoms. The summed E-state index contributed by atoms with van der Waals surface area (Å²) in [4.78, 5) is 13.6. The molecular formula is C13H19N3O2. The summed E-state index contributed by atoms with van der Waals surface area (Å²) in [6, 6.07) is 5.58. The molecule has 1 aliphatic heterocycles. The van der Waals surface area contributed by atoms with Crippen molar-refractivity contribution < 1.29 is 9.53 Å². The molecule has 1 fully saturated rings. The fourth-order valence-corrected chi connectivity index (χ4v) is 2.17. The first-order valence-corrected chi connectivity index (χ1v) is 6.10. The number of nitrogen functional groups attached to an aromatic ring is 1. The molecule has 1 aliphatic rings. The summed E-state index contributed by atoms with van der Waals surface area (Å²) in [5.41, 5.74) is 7.53. The number of ether oxygens (including phenoxy) is 1. The van der Waals surface area contributed by atoms with E-state index in [9.17, 15) is 4.79 Å². The SMILES string of the molecule is COc1ccc(N)cc1CN1CCCNC(=O)C1. The Kier molecular flexibility index (Phi) is 4.04. The average Bonchev–Trinajstić information content (AvgIpc) is 2.54. The summed E-state index contributed by atoms with van der Waals surface area (Å²) >= 11 is 0. The van der Waals surface area contributed by atoms with Gasteiger partial charge in [0, 0.05) is 30.9 Å². The van der Waals surface area contributed by atoms with E-state index in [1.165, 1.54) is 0 Å². The zero-order chi connectivity index (χ0) is 13.0. The number of carbonyl (C=O) groups is 1. The van der Waals surface area contributed by atoms with Gasteiger partial charge in [0.15, 0.2) is 0 Å². The highest BCUT2D eigenvalue weighted by molar-refractivity contribution is 5.78. The molecule has 1 heterocycles. The Morgan fingerprint density at radius 3 is 3.11 bits per heavy atom. The molecule has 5 heteroatoms. The highest BCUT2D eigenvalue weighted by Crippen LogP contribution is 2.22. The average molecular weight is 249 g/mol. The van der Waals surface area contributed by atoms with Crippen molar-refractivity contribution in [1.29, 1.82) is 0 Å². The van der Waals surface area contributed by atoms with Crippen molar-refractivity contribution >= 4 is 11.6 Å². The number of methoxy groups -OCH3 is 1. The van der Waals surface area contributed by atoms with Crippen molar-refractivity contribution in [1.82, 2.24) is 10.2 Å². The lowest BCUT2D eigenvalue weighted by atomic mass is 10.1. The molecule has 3 N–H and O–H groups in total. The molecular weight excluding hydrogens is 230 g/mol. The Bertz CT molecular complexity index is 434. The lowest BCUT2D eigenvalue weighted by Gasteiger charge is -2.20. The zero-order valence-electron chi connectivity index (χ0n) is 10.6. The van der Waals surface area contributed by atoms with Gasteiger partial charge in [0.05, 0.1) is 13.7 Å². The van der Waals surface area contributed by atoms with Crippen LogP contribution in [0, 0.1) is 0 Å². The molecule has 18 heavy (non-hydrogen) atoms. The molecule has 2 rings (SSSR count). The van der Waals surface area contributed by atoms with Crippen LogP contribution in [0.25, 0.3) is 0 Å². The molecule has 1 aromatic rings.